The number of hydrogen-bond acceptors (Lipinski definition) is 9. The molecule has 0 unspecified atom stereocenters. The van der Waals surface area contributed by atoms with Gasteiger partial charge in [0.2, 0.25) is 23.6 Å². The van der Waals surface area contributed by atoms with Gasteiger partial charge in [0.05, 0.1) is 11.5 Å². The fourth-order valence-corrected chi connectivity index (χ4v) is 8.62. The summed E-state index contributed by atoms with van der Waals surface area (Å²) >= 11 is 0. The van der Waals surface area contributed by atoms with E-state index in [-0.39, 0.29) is 69.5 Å². The molecule has 16 heteroatoms. The van der Waals surface area contributed by atoms with Crippen LogP contribution >= 0.6 is 0 Å². The molecule has 0 aliphatic heterocycles. The number of primary amides is 1. The molecule has 4 aromatic rings. The van der Waals surface area contributed by atoms with Crippen LogP contribution in [0.4, 0.5) is 16.2 Å². The fourth-order valence-electron chi connectivity index (χ4n) is 8.62. The lowest BCUT2D eigenvalue weighted by molar-refractivity contribution is -0.139. The fraction of sp³-hybridized carbons (Fsp3) is 0.389. The van der Waals surface area contributed by atoms with Gasteiger partial charge in [0.25, 0.3) is 0 Å². The molecule has 8 N–H and O–H groups in total. The second-order valence-electron chi connectivity index (χ2n) is 18.1. The summed E-state index contributed by atoms with van der Waals surface area (Å²) in [6, 6.07) is 22.6. The van der Waals surface area contributed by atoms with Crippen LogP contribution in [-0.2, 0) is 52.8 Å². The van der Waals surface area contributed by atoms with Gasteiger partial charge in [-0.1, -0.05) is 86.8 Å². The van der Waals surface area contributed by atoms with Gasteiger partial charge in [-0.05, 0) is 110 Å². The van der Waals surface area contributed by atoms with Crippen molar-refractivity contribution >= 4 is 64.6 Å². The van der Waals surface area contributed by atoms with E-state index in [1.54, 1.807) is 54.9 Å². The van der Waals surface area contributed by atoms with Gasteiger partial charge in [-0.3, -0.25) is 38.5 Å². The first-order valence-corrected chi connectivity index (χ1v) is 24.0. The van der Waals surface area contributed by atoms with Crippen molar-refractivity contribution in [3.8, 4) is 0 Å². The third kappa shape index (κ3) is 16.9. The number of aliphatic carboxylic acids is 1. The van der Waals surface area contributed by atoms with E-state index in [0.717, 1.165) is 28.7 Å². The summed E-state index contributed by atoms with van der Waals surface area (Å²) in [5.41, 5.74) is 9.60. The van der Waals surface area contributed by atoms with Crippen LogP contribution in [0.3, 0.4) is 0 Å². The molecule has 5 rings (SSSR count). The van der Waals surface area contributed by atoms with E-state index < -0.39 is 58.9 Å². The highest BCUT2D eigenvalue weighted by Gasteiger charge is 2.47. The van der Waals surface area contributed by atoms with E-state index in [0.29, 0.717) is 49.2 Å². The SMILES string of the molecule is CCCC[C@H](NC(=O)C1(CC(=O)[C@H](CCCC(=O)O)NC(=O)[C@H](CCCCNC(=O)/C=C/c2cccnc2)CC(=O)Cc2ccc(NC(=O)Nc3ccccc3C)cc2)Cc2ccccc2C1)C(N)=O. The maximum Gasteiger partial charge on any atom is 0.323 e. The Morgan fingerprint density at radius 1 is 0.786 bits per heavy atom. The van der Waals surface area contributed by atoms with E-state index in [2.05, 4.69) is 31.6 Å². The minimum Gasteiger partial charge on any atom is -0.481 e. The molecule has 370 valence electrons. The van der Waals surface area contributed by atoms with Crippen molar-refractivity contribution in [1.29, 1.82) is 0 Å². The van der Waals surface area contributed by atoms with Crippen LogP contribution in [0.15, 0.2) is 103 Å². The molecule has 1 aliphatic rings. The second kappa shape index (κ2) is 26.9. The van der Waals surface area contributed by atoms with Crippen LogP contribution in [0.1, 0.15) is 105 Å². The summed E-state index contributed by atoms with van der Waals surface area (Å²) in [6.45, 7) is 4.13. The van der Waals surface area contributed by atoms with Gasteiger partial charge in [-0.2, -0.15) is 0 Å². The number of hydrogen-bond donors (Lipinski definition) is 7. The summed E-state index contributed by atoms with van der Waals surface area (Å²) in [6.07, 6.45) is 8.75. The number of rotatable bonds is 28. The van der Waals surface area contributed by atoms with Crippen molar-refractivity contribution in [3.05, 3.63) is 131 Å². The molecule has 70 heavy (non-hydrogen) atoms. The number of ketones is 2. The first-order chi connectivity index (χ1) is 33.6. The van der Waals surface area contributed by atoms with Crippen molar-refractivity contribution in [2.75, 3.05) is 17.2 Å². The van der Waals surface area contributed by atoms with Crippen molar-refractivity contribution in [2.24, 2.45) is 17.1 Å². The van der Waals surface area contributed by atoms with Crippen LogP contribution in [-0.4, -0.2) is 75.9 Å². The lowest BCUT2D eigenvalue weighted by atomic mass is 9.77. The highest BCUT2D eigenvalue weighted by atomic mass is 16.4. The standard InChI is InChI=1S/C54H65N7O9/c1-3-4-18-46(50(55)67)60-52(69)54(32-40-16-6-7-17-41(40)33-54)34-47(63)45(20-11-21-49(65)66)59-51(68)39(15-9-10-29-57-48(64)27-24-38-14-12-28-56-35-38)31-43(62)30-37-22-25-42(26-23-37)58-53(70)61-44-19-8-5-13-36(44)2/h5-8,12-14,16-17,19,22-28,35,39,45-46H,3-4,9-11,15,18,20-21,29-34H2,1-2H3,(H2,55,67)(H,57,64)(H,59,68)(H,60,69)(H,65,66)(H2,58,61,70)/b27-24+/t39-,45+,46+/m1/s1. The Kier molecular flexibility index (Phi) is 20.5. The normalized spacial score (nSPS) is 13.8. The predicted molar refractivity (Wildman–Crippen MR) is 267 cm³/mol. The van der Waals surface area contributed by atoms with E-state index >= 15 is 0 Å². The number of carbonyl (C=O) groups is 8. The lowest BCUT2D eigenvalue weighted by Crippen LogP contribution is -2.53. The van der Waals surface area contributed by atoms with Crippen LogP contribution < -0.4 is 32.3 Å². The van der Waals surface area contributed by atoms with Gasteiger partial charge in [-0.15, -0.1) is 0 Å². The molecule has 3 atom stereocenters. The number of urea groups is 1. The maximum atomic E-state index is 14.6. The average molecular weight is 956 g/mol. The number of anilines is 2. The third-order valence-electron chi connectivity index (χ3n) is 12.5. The number of carboxylic acids is 1. The van der Waals surface area contributed by atoms with Gasteiger partial charge in [-0.25, -0.2) is 4.79 Å². The number of aromatic nitrogens is 1. The lowest BCUT2D eigenvalue weighted by Gasteiger charge is -2.31. The van der Waals surface area contributed by atoms with E-state index in [1.807, 2.05) is 62.4 Å². The quantitative estimate of drug-likeness (QED) is 0.0232. The first kappa shape index (κ1) is 53.5. The number of aryl methyl sites for hydroxylation is 1. The zero-order valence-corrected chi connectivity index (χ0v) is 40.0. The van der Waals surface area contributed by atoms with Crippen LogP contribution in [0, 0.1) is 18.3 Å². The Labute approximate surface area is 409 Å². The number of unbranched alkanes of at least 4 members (excludes halogenated alkanes) is 2. The number of benzene rings is 3. The number of carbonyl (C=O) groups excluding carboxylic acids is 7. The molecule has 1 heterocycles. The number of Topliss-reactive ketones (excluding diaryl/α,β-unsaturated/α-hetero) is 2. The van der Waals surface area contributed by atoms with E-state index in [4.69, 9.17) is 5.73 Å². The van der Waals surface area contributed by atoms with Gasteiger partial charge in [0.15, 0.2) is 5.78 Å². The summed E-state index contributed by atoms with van der Waals surface area (Å²) in [4.78, 5) is 110. The largest absolute Gasteiger partial charge is 0.481 e. The molecule has 16 nitrogen and oxygen atoms in total. The molecule has 0 bridgehead atoms. The summed E-state index contributed by atoms with van der Waals surface area (Å²) in [7, 11) is 0. The van der Waals surface area contributed by atoms with E-state index in [9.17, 15) is 43.5 Å². The van der Waals surface area contributed by atoms with Crippen molar-refractivity contribution in [3.63, 3.8) is 0 Å². The number of nitrogens with zero attached hydrogens (tertiary/aromatic N) is 1. The minimum atomic E-state index is -1.32. The van der Waals surface area contributed by atoms with Crippen molar-refractivity contribution in [2.45, 2.75) is 116 Å². The monoisotopic (exact) mass is 955 g/mol. The highest BCUT2D eigenvalue weighted by molar-refractivity contribution is 6.00. The Balaban J connectivity index is 1.30. The van der Waals surface area contributed by atoms with Gasteiger partial charge >= 0.3 is 12.0 Å². The van der Waals surface area contributed by atoms with Crippen LogP contribution in [0.25, 0.3) is 6.08 Å². The number of nitrogens with two attached hydrogens (primary N) is 1. The number of nitrogens with one attached hydrogen (secondary N) is 5. The zero-order chi connectivity index (χ0) is 50.5. The van der Waals surface area contributed by atoms with Crippen molar-refractivity contribution in [1.82, 2.24) is 20.9 Å². The first-order valence-electron chi connectivity index (χ1n) is 24.0. The Hall–Kier alpha value is -7.49. The Bertz CT molecular complexity index is 2470. The predicted octanol–water partition coefficient (Wildman–Crippen LogP) is 6.80. The van der Waals surface area contributed by atoms with Gasteiger partial charge in [0.1, 0.15) is 11.8 Å². The summed E-state index contributed by atoms with van der Waals surface area (Å²) < 4.78 is 0. The highest BCUT2D eigenvalue weighted by Crippen LogP contribution is 2.41. The topological polar surface area (TPSA) is 256 Å². The molecule has 1 aliphatic carbocycles. The molecular formula is C54H65N7O9. The Morgan fingerprint density at radius 3 is 2.14 bits per heavy atom. The minimum absolute atomic E-state index is 0.0253. The Morgan fingerprint density at radius 2 is 1.49 bits per heavy atom. The molecule has 0 spiro atoms. The van der Waals surface area contributed by atoms with Gasteiger partial charge in [0, 0.05) is 68.0 Å². The zero-order valence-electron chi connectivity index (χ0n) is 40.0. The number of carboxylic acid groups (broad SMARTS) is 1. The number of pyridine rings is 1. The average Bonchev–Trinajstić information content (AvgIpc) is 3.72. The number of para-hydroxylation sites is 1. The number of fused-ring (bicyclic) bond motifs is 1. The molecule has 6 amide bonds. The van der Waals surface area contributed by atoms with Crippen molar-refractivity contribution < 1.29 is 43.5 Å². The van der Waals surface area contributed by atoms with E-state index in [1.165, 1.54) is 6.08 Å². The summed E-state index contributed by atoms with van der Waals surface area (Å²) in [5.74, 6) is -4.82. The maximum absolute atomic E-state index is 14.6. The van der Waals surface area contributed by atoms with Crippen LogP contribution in [0.5, 0.6) is 0 Å². The summed E-state index contributed by atoms with van der Waals surface area (Å²) in [5, 5.41) is 23.6. The van der Waals surface area contributed by atoms with Gasteiger partial charge < -0.3 is 37.4 Å². The molecule has 0 saturated heterocycles. The molecule has 1 aromatic heterocycles. The van der Waals surface area contributed by atoms with Crippen LogP contribution in [0.2, 0.25) is 0 Å². The number of amides is 6. The molecule has 0 radical (unpaired) electrons. The smallest absolute Gasteiger partial charge is 0.323 e. The molecule has 0 fully saturated rings. The second-order valence-corrected chi connectivity index (χ2v) is 18.1. The molecule has 0 saturated carbocycles. The molecule has 3 aromatic carbocycles. The molecular weight excluding hydrogens is 891 g/mol. The third-order valence-corrected chi connectivity index (χ3v) is 12.5.